The summed E-state index contributed by atoms with van der Waals surface area (Å²) < 4.78 is 68.3. The molecule has 0 bridgehead atoms. The summed E-state index contributed by atoms with van der Waals surface area (Å²) in [7, 11) is -8.26. The lowest BCUT2D eigenvalue weighted by molar-refractivity contribution is 0.445. The molecule has 0 saturated heterocycles. The maximum atomic E-state index is 14.5. The Morgan fingerprint density at radius 1 is 1.04 bits per heavy atom. The zero-order valence-corrected chi connectivity index (χ0v) is 16.3. The minimum atomic E-state index is -4.16. The van der Waals surface area contributed by atoms with E-state index in [0.29, 0.717) is 0 Å². The quantitative estimate of drug-likeness (QED) is 0.622. The van der Waals surface area contributed by atoms with Gasteiger partial charge in [0.1, 0.15) is 10.7 Å². The Morgan fingerprint density at radius 3 is 2.26 bits per heavy atom. The Kier molecular flexibility index (Phi) is 5.06. The number of halogens is 1. The van der Waals surface area contributed by atoms with Crippen LogP contribution in [-0.4, -0.2) is 43.2 Å². The maximum Gasteiger partial charge on any atom is 0.269 e. The number of sulfonamides is 1. The third-order valence-corrected chi connectivity index (χ3v) is 7.92. The van der Waals surface area contributed by atoms with Crippen LogP contribution in [-0.2, 0) is 20.0 Å². The summed E-state index contributed by atoms with van der Waals surface area (Å²) in [6, 6.07) is 8.49. The van der Waals surface area contributed by atoms with E-state index in [9.17, 15) is 21.2 Å². The molecule has 10 heteroatoms. The first-order valence-electron chi connectivity index (χ1n) is 8.21. The Balaban J connectivity index is 2.38. The van der Waals surface area contributed by atoms with Crippen molar-refractivity contribution in [3.8, 4) is 0 Å². The lowest BCUT2D eigenvalue weighted by Gasteiger charge is -2.17. The normalized spacial score (nSPS) is 12.7. The number of fused-ring (bicyclic) bond motifs is 1. The Bertz CT molecular complexity index is 1190. The van der Waals surface area contributed by atoms with Gasteiger partial charge in [-0.1, -0.05) is 32.0 Å². The summed E-state index contributed by atoms with van der Waals surface area (Å²) in [6.45, 7) is 3.63. The highest BCUT2D eigenvalue weighted by molar-refractivity contribution is 7.90. The highest BCUT2D eigenvalue weighted by Crippen LogP contribution is 2.31. The van der Waals surface area contributed by atoms with Gasteiger partial charge in [0.15, 0.2) is 5.65 Å². The molecular formula is C17H18FN3O4S2. The molecule has 2 heterocycles. The van der Waals surface area contributed by atoms with Gasteiger partial charge in [-0.2, -0.15) is 4.31 Å². The van der Waals surface area contributed by atoms with Crippen molar-refractivity contribution in [1.29, 1.82) is 0 Å². The molecule has 0 amide bonds. The molecule has 2 aromatic heterocycles. The largest absolute Gasteiger partial charge is 0.269 e. The molecular weight excluding hydrogens is 393 g/mol. The molecule has 27 heavy (non-hydrogen) atoms. The summed E-state index contributed by atoms with van der Waals surface area (Å²) in [6.07, 6.45) is 2.03. The third kappa shape index (κ3) is 3.13. The Hall–Kier alpha value is -2.30. The fourth-order valence-electron chi connectivity index (χ4n) is 2.84. The van der Waals surface area contributed by atoms with Gasteiger partial charge in [-0.25, -0.2) is 30.2 Å². The van der Waals surface area contributed by atoms with Gasteiger partial charge in [0.05, 0.1) is 10.3 Å². The zero-order chi connectivity index (χ0) is 19.8. The van der Waals surface area contributed by atoms with Crippen molar-refractivity contribution in [3.05, 3.63) is 54.6 Å². The van der Waals surface area contributed by atoms with Crippen LogP contribution in [0.15, 0.2) is 58.6 Å². The first kappa shape index (κ1) is 19.5. The summed E-state index contributed by atoms with van der Waals surface area (Å²) >= 11 is 0. The molecule has 0 aliphatic carbocycles. The summed E-state index contributed by atoms with van der Waals surface area (Å²) in [5.41, 5.74) is -0.274. The Labute approximate surface area is 157 Å². The van der Waals surface area contributed by atoms with Crippen LogP contribution < -0.4 is 0 Å². The van der Waals surface area contributed by atoms with Crippen molar-refractivity contribution in [3.63, 3.8) is 0 Å². The molecule has 3 rings (SSSR count). The lowest BCUT2D eigenvalue weighted by atomic mass is 10.3. The minimum Gasteiger partial charge on any atom is -0.237 e. The van der Waals surface area contributed by atoms with E-state index in [1.165, 1.54) is 12.1 Å². The van der Waals surface area contributed by atoms with Gasteiger partial charge < -0.3 is 0 Å². The molecule has 7 nitrogen and oxygen atoms in total. The second-order valence-corrected chi connectivity index (χ2v) is 9.41. The van der Waals surface area contributed by atoms with Crippen molar-refractivity contribution < 1.29 is 21.2 Å². The van der Waals surface area contributed by atoms with Gasteiger partial charge in [-0.05, 0) is 18.2 Å². The SMILES string of the molecule is CCN(CC)S(=O)(=O)c1cn(S(=O)(=O)c2ccccc2)c2nccc(F)c12. The summed E-state index contributed by atoms with van der Waals surface area (Å²) in [5, 5.41) is -0.344. The standard InChI is InChI=1S/C17H18FN3O4S2/c1-3-20(4-2)27(24,25)15-12-21(17-16(15)14(18)10-11-19-17)26(22,23)13-8-6-5-7-9-13/h5-12H,3-4H2,1-2H3. The average molecular weight is 411 g/mol. The van der Waals surface area contributed by atoms with E-state index in [2.05, 4.69) is 4.98 Å². The monoisotopic (exact) mass is 411 g/mol. The molecule has 0 atom stereocenters. The van der Waals surface area contributed by atoms with Crippen LogP contribution >= 0.6 is 0 Å². The van der Waals surface area contributed by atoms with Crippen LogP contribution in [0.5, 0.6) is 0 Å². The van der Waals surface area contributed by atoms with E-state index in [0.717, 1.165) is 26.7 Å². The fourth-order valence-corrected chi connectivity index (χ4v) is 5.89. The molecule has 0 fully saturated rings. The predicted octanol–water partition coefficient (Wildman–Crippen LogP) is 2.44. The van der Waals surface area contributed by atoms with E-state index >= 15 is 0 Å². The molecule has 0 radical (unpaired) electrons. The van der Waals surface area contributed by atoms with Gasteiger partial charge in [0.25, 0.3) is 10.0 Å². The van der Waals surface area contributed by atoms with Gasteiger partial charge in [-0.3, -0.25) is 0 Å². The highest BCUT2D eigenvalue weighted by Gasteiger charge is 2.32. The average Bonchev–Trinajstić information content (AvgIpc) is 3.06. The molecule has 0 aliphatic heterocycles. The van der Waals surface area contributed by atoms with Crippen LogP contribution in [0, 0.1) is 5.82 Å². The van der Waals surface area contributed by atoms with Gasteiger partial charge in [0, 0.05) is 25.5 Å². The third-order valence-electron chi connectivity index (χ3n) is 4.19. The molecule has 144 valence electrons. The first-order chi connectivity index (χ1) is 12.7. The lowest BCUT2D eigenvalue weighted by Crippen LogP contribution is -2.30. The molecule has 3 aromatic rings. The minimum absolute atomic E-state index is 0.0558. The van der Waals surface area contributed by atoms with Crippen molar-refractivity contribution in [1.82, 2.24) is 13.3 Å². The van der Waals surface area contributed by atoms with Crippen LogP contribution in [0.4, 0.5) is 4.39 Å². The van der Waals surface area contributed by atoms with E-state index in [-0.39, 0.29) is 29.0 Å². The van der Waals surface area contributed by atoms with Gasteiger partial charge in [0.2, 0.25) is 10.0 Å². The van der Waals surface area contributed by atoms with Gasteiger partial charge in [-0.15, -0.1) is 0 Å². The molecule has 0 saturated carbocycles. The van der Waals surface area contributed by atoms with E-state index in [4.69, 9.17) is 0 Å². The van der Waals surface area contributed by atoms with Crippen LogP contribution in [0.3, 0.4) is 0 Å². The van der Waals surface area contributed by atoms with Crippen molar-refractivity contribution in [2.45, 2.75) is 23.6 Å². The first-order valence-corrected chi connectivity index (χ1v) is 11.1. The molecule has 1 aromatic carbocycles. The Morgan fingerprint density at radius 2 is 1.67 bits per heavy atom. The number of benzene rings is 1. The van der Waals surface area contributed by atoms with Crippen LogP contribution in [0.25, 0.3) is 11.0 Å². The smallest absolute Gasteiger partial charge is 0.237 e. The molecule has 0 N–H and O–H groups in total. The second-order valence-electron chi connectivity index (χ2n) is 5.69. The van der Waals surface area contributed by atoms with Crippen molar-refractivity contribution in [2.75, 3.05) is 13.1 Å². The molecule has 0 unspecified atom stereocenters. The number of hydrogen-bond donors (Lipinski definition) is 0. The van der Waals surface area contributed by atoms with E-state index in [1.807, 2.05) is 0 Å². The highest BCUT2D eigenvalue weighted by atomic mass is 32.2. The number of pyridine rings is 1. The van der Waals surface area contributed by atoms with Crippen molar-refractivity contribution >= 4 is 31.1 Å². The summed E-state index contributed by atoms with van der Waals surface area (Å²) in [5.74, 6) is -0.854. The number of aromatic nitrogens is 2. The van der Waals surface area contributed by atoms with Crippen LogP contribution in [0.1, 0.15) is 13.8 Å². The molecule has 0 aliphatic rings. The second kappa shape index (κ2) is 7.02. The number of rotatable bonds is 6. The zero-order valence-electron chi connectivity index (χ0n) is 14.7. The molecule has 0 spiro atoms. The topological polar surface area (TPSA) is 89.3 Å². The van der Waals surface area contributed by atoms with E-state index in [1.54, 1.807) is 32.0 Å². The number of nitrogens with zero attached hydrogens (tertiary/aromatic N) is 3. The van der Waals surface area contributed by atoms with Gasteiger partial charge >= 0.3 is 0 Å². The summed E-state index contributed by atoms with van der Waals surface area (Å²) in [4.78, 5) is 3.46. The number of hydrogen-bond acceptors (Lipinski definition) is 5. The predicted molar refractivity (Wildman–Crippen MR) is 98.8 cm³/mol. The maximum absolute atomic E-state index is 14.5. The van der Waals surface area contributed by atoms with Crippen molar-refractivity contribution in [2.24, 2.45) is 0 Å². The van der Waals surface area contributed by atoms with Crippen LogP contribution in [0.2, 0.25) is 0 Å². The van der Waals surface area contributed by atoms with E-state index < -0.39 is 30.8 Å². The fraction of sp³-hybridized carbons (Fsp3) is 0.235.